The molecular formula is C55H39GeN3. The van der Waals surface area contributed by atoms with Gasteiger partial charge in [0.2, 0.25) is 0 Å². The van der Waals surface area contributed by atoms with Gasteiger partial charge in [0.1, 0.15) is 0 Å². The van der Waals surface area contributed by atoms with Gasteiger partial charge in [-0.2, -0.15) is 0 Å². The van der Waals surface area contributed by atoms with E-state index in [1.807, 2.05) is 0 Å². The fourth-order valence-corrected chi connectivity index (χ4v) is 21.6. The molecule has 10 aromatic rings. The standard InChI is InChI=1S/C55H39GeN3/c1-55(2)45-27-15-12-24-41(45)42-34-35-48-49(50(42)55)44-26-14-17-29-47(44)59(48)40-32-30-37(31-33-40)54-57-52(36-18-6-3-7-19-36)51-53(58-54)43-25-13-16-28-46(43)56(51,38-20-8-4-9-21-38)39-22-10-5-11-23-39/h3-35H,1-2H3. The zero-order valence-corrected chi connectivity index (χ0v) is 35.0. The van der Waals surface area contributed by atoms with Gasteiger partial charge in [-0.25, -0.2) is 0 Å². The van der Waals surface area contributed by atoms with Gasteiger partial charge in [-0.3, -0.25) is 0 Å². The molecule has 0 N–H and O–H groups in total. The summed E-state index contributed by atoms with van der Waals surface area (Å²) in [4.78, 5) is 11.2. The van der Waals surface area contributed by atoms with Crippen molar-refractivity contribution >= 4 is 52.7 Å². The van der Waals surface area contributed by atoms with Crippen LogP contribution in [0.2, 0.25) is 0 Å². The minimum atomic E-state index is -3.62. The van der Waals surface area contributed by atoms with Gasteiger partial charge in [0.05, 0.1) is 0 Å². The van der Waals surface area contributed by atoms with Gasteiger partial charge in [0.25, 0.3) is 0 Å². The Kier molecular flexibility index (Phi) is 7.45. The summed E-state index contributed by atoms with van der Waals surface area (Å²) in [6, 6.07) is 73.5. The predicted molar refractivity (Wildman–Crippen MR) is 247 cm³/mol. The van der Waals surface area contributed by atoms with Crippen LogP contribution in [0.4, 0.5) is 0 Å². The summed E-state index contributed by atoms with van der Waals surface area (Å²) >= 11 is -3.62. The zero-order chi connectivity index (χ0) is 39.3. The van der Waals surface area contributed by atoms with Crippen LogP contribution < -0.4 is 17.6 Å². The molecule has 0 saturated carbocycles. The van der Waals surface area contributed by atoms with Crippen molar-refractivity contribution in [1.82, 2.24) is 14.5 Å². The topological polar surface area (TPSA) is 30.7 Å². The first-order valence-electron chi connectivity index (χ1n) is 20.5. The number of nitrogens with zero attached hydrogens (tertiary/aromatic N) is 3. The molecule has 1 aliphatic heterocycles. The molecule has 0 saturated heterocycles. The minimum absolute atomic E-state index is 0.118. The quantitative estimate of drug-likeness (QED) is 0.162. The SMILES string of the molecule is CC1(C)c2ccccc2-c2ccc3c(c21)c1ccccc1n3-c1ccc(-c2nc(-c3ccccc3)[c]3c(n2)-c2cccc[c]2[Ge]3([c]2ccccc2)[c]2ccccc2)cc1. The molecule has 278 valence electrons. The summed E-state index contributed by atoms with van der Waals surface area (Å²) < 4.78 is 7.91. The fraction of sp³-hybridized carbons (Fsp3) is 0.0545. The Balaban J connectivity index is 1.07. The third-order valence-electron chi connectivity index (χ3n) is 13.1. The molecule has 0 spiro atoms. The second-order valence-electron chi connectivity index (χ2n) is 16.5. The monoisotopic (exact) mass is 815 g/mol. The van der Waals surface area contributed by atoms with Crippen molar-refractivity contribution in [3.05, 3.63) is 211 Å². The van der Waals surface area contributed by atoms with Crippen LogP contribution in [-0.4, -0.2) is 27.8 Å². The van der Waals surface area contributed by atoms with Crippen molar-refractivity contribution in [1.29, 1.82) is 0 Å². The van der Waals surface area contributed by atoms with Crippen molar-refractivity contribution in [2.45, 2.75) is 19.3 Å². The first kappa shape index (κ1) is 34.2. The molecule has 12 rings (SSSR count). The van der Waals surface area contributed by atoms with Gasteiger partial charge in [-0.15, -0.1) is 0 Å². The summed E-state index contributed by atoms with van der Waals surface area (Å²) in [5, 5.41) is 2.62. The van der Waals surface area contributed by atoms with Crippen LogP contribution in [-0.2, 0) is 5.41 Å². The molecule has 1 aliphatic carbocycles. The number of para-hydroxylation sites is 1. The number of hydrogen-bond acceptors (Lipinski definition) is 2. The van der Waals surface area contributed by atoms with Crippen molar-refractivity contribution in [3.8, 4) is 50.7 Å². The van der Waals surface area contributed by atoms with Gasteiger partial charge < -0.3 is 0 Å². The van der Waals surface area contributed by atoms with Gasteiger partial charge in [0.15, 0.2) is 0 Å². The molecule has 3 nitrogen and oxygen atoms in total. The van der Waals surface area contributed by atoms with Crippen molar-refractivity contribution in [3.63, 3.8) is 0 Å². The van der Waals surface area contributed by atoms with E-state index in [0.717, 1.165) is 34.0 Å². The number of hydrogen-bond donors (Lipinski definition) is 0. The molecule has 3 heterocycles. The van der Waals surface area contributed by atoms with Gasteiger partial charge in [0, 0.05) is 5.41 Å². The number of fused-ring (bicyclic) bond motifs is 10. The number of rotatable bonds is 5. The first-order chi connectivity index (χ1) is 29.0. The van der Waals surface area contributed by atoms with Crippen molar-refractivity contribution < 1.29 is 0 Å². The second-order valence-corrected chi connectivity index (χ2v) is 24.2. The number of benzene rings is 8. The zero-order valence-electron chi connectivity index (χ0n) is 32.9. The van der Waals surface area contributed by atoms with Crippen LogP contribution in [0.1, 0.15) is 25.0 Å². The maximum atomic E-state index is 5.61. The van der Waals surface area contributed by atoms with Crippen molar-refractivity contribution in [2.75, 3.05) is 0 Å². The molecule has 0 bridgehead atoms. The number of aromatic nitrogens is 3. The van der Waals surface area contributed by atoms with Crippen LogP contribution >= 0.6 is 0 Å². The Morgan fingerprint density at radius 2 is 1.05 bits per heavy atom. The molecule has 2 aromatic heterocycles. The predicted octanol–water partition coefficient (Wildman–Crippen LogP) is 10.6. The van der Waals surface area contributed by atoms with E-state index in [1.54, 1.807) is 0 Å². The van der Waals surface area contributed by atoms with E-state index >= 15 is 0 Å². The summed E-state index contributed by atoms with van der Waals surface area (Å²) in [5.74, 6) is 0.739. The van der Waals surface area contributed by atoms with Crippen LogP contribution in [0, 0.1) is 0 Å². The normalized spacial score (nSPS) is 14.2. The van der Waals surface area contributed by atoms with E-state index in [0.29, 0.717) is 0 Å². The van der Waals surface area contributed by atoms with E-state index in [1.165, 1.54) is 67.2 Å². The first-order valence-corrected chi connectivity index (χ1v) is 24.7. The van der Waals surface area contributed by atoms with E-state index < -0.39 is 13.3 Å². The third kappa shape index (κ3) is 4.77. The molecule has 0 amide bonds. The molecule has 4 heteroatoms. The van der Waals surface area contributed by atoms with Crippen molar-refractivity contribution in [2.24, 2.45) is 0 Å². The van der Waals surface area contributed by atoms with Crippen LogP contribution in [0.25, 0.3) is 72.5 Å². The molecule has 0 fully saturated rings. The van der Waals surface area contributed by atoms with E-state index in [2.05, 4.69) is 219 Å². The molecule has 0 radical (unpaired) electrons. The Labute approximate surface area is 346 Å². The summed E-state index contributed by atoms with van der Waals surface area (Å²) in [7, 11) is 0. The molecular weight excluding hydrogens is 775 g/mol. The maximum absolute atomic E-state index is 5.61. The summed E-state index contributed by atoms with van der Waals surface area (Å²) in [6.07, 6.45) is 0. The molecule has 8 aromatic carbocycles. The van der Waals surface area contributed by atoms with E-state index in [4.69, 9.17) is 9.97 Å². The second kappa shape index (κ2) is 12.8. The molecule has 2 aliphatic rings. The van der Waals surface area contributed by atoms with Gasteiger partial charge >= 0.3 is 282 Å². The summed E-state index contributed by atoms with van der Waals surface area (Å²) in [6.45, 7) is 4.76. The van der Waals surface area contributed by atoms with Crippen LogP contribution in [0.15, 0.2) is 200 Å². The van der Waals surface area contributed by atoms with E-state index in [-0.39, 0.29) is 5.41 Å². The van der Waals surface area contributed by atoms with Crippen LogP contribution in [0.3, 0.4) is 0 Å². The molecule has 0 atom stereocenters. The van der Waals surface area contributed by atoms with Gasteiger partial charge in [-0.05, 0) is 16.7 Å². The fourth-order valence-electron chi connectivity index (χ4n) is 10.6. The Hall–Kier alpha value is -6.82. The van der Waals surface area contributed by atoms with Crippen LogP contribution in [0.5, 0.6) is 0 Å². The molecule has 59 heavy (non-hydrogen) atoms. The average molecular weight is 815 g/mol. The Morgan fingerprint density at radius 3 is 1.78 bits per heavy atom. The Morgan fingerprint density at radius 1 is 0.458 bits per heavy atom. The third-order valence-corrected chi connectivity index (χ3v) is 23.3. The average Bonchev–Trinajstić information content (AvgIpc) is 3.88. The molecule has 0 unspecified atom stereocenters. The van der Waals surface area contributed by atoms with Gasteiger partial charge in [-0.1, -0.05) is 44.2 Å². The summed E-state index contributed by atoms with van der Waals surface area (Å²) in [5.41, 5.74) is 14.3. The Bertz CT molecular complexity index is 3240. The van der Waals surface area contributed by atoms with E-state index in [9.17, 15) is 0 Å².